The van der Waals surface area contributed by atoms with E-state index >= 15 is 0 Å². The SMILES string of the molecule is COc1cccc(CCn2c(C)nc3ccc(-c4cc(N)nc(N)c4)nc32)c1. The van der Waals surface area contributed by atoms with Gasteiger partial charge in [-0.05, 0) is 55.3 Å². The van der Waals surface area contributed by atoms with Gasteiger partial charge in [-0.2, -0.15) is 0 Å². The lowest BCUT2D eigenvalue weighted by Crippen LogP contribution is -2.05. The Hall–Kier alpha value is -3.61. The van der Waals surface area contributed by atoms with Crippen LogP contribution in [0.2, 0.25) is 0 Å². The number of imidazole rings is 1. The van der Waals surface area contributed by atoms with Crippen LogP contribution in [0.15, 0.2) is 48.5 Å². The summed E-state index contributed by atoms with van der Waals surface area (Å²) in [4.78, 5) is 13.5. The number of nitrogen functional groups attached to an aromatic ring is 2. The number of aromatic nitrogens is 4. The van der Waals surface area contributed by atoms with E-state index in [4.69, 9.17) is 21.2 Å². The molecule has 0 fully saturated rings. The first-order valence-electron chi connectivity index (χ1n) is 9.04. The number of nitrogens with zero attached hydrogens (tertiary/aromatic N) is 4. The van der Waals surface area contributed by atoms with E-state index in [1.165, 1.54) is 5.56 Å². The van der Waals surface area contributed by atoms with Crippen molar-refractivity contribution in [2.24, 2.45) is 0 Å². The molecule has 1 aromatic carbocycles. The van der Waals surface area contributed by atoms with Gasteiger partial charge < -0.3 is 20.8 Å². The molecule has 3 aromatic heterocycles. The fraction of sp³-hybridized carbons (Fsp3) is 0.190. The van der Waals surface area contributed by atoms with E-state index in [0.717, 1.165) is 47.0 Å². The molecule has 0 aliphatic rings. The van der Waals surface area contributed by atoms with Crippen molar-refractivity contribution in [3.05, 3.63) is 59.9 Å². The van der Waals surface area contributed by atoms with Gasteiger partial charge >= 0.3 is 0 Å². The lowest BCUT2D eigenvalue weighted by molar-refractivity contribution is 0.414. The molecular weight excluding hydrogens is 352 g/mol. The molecule has 0 unspecified atom stereocenters. The first-order chi connectivity index (χ1) is 13.5. The summed E-state index contributed by atoms with van der Waals surface area (Å²) in [5.41, 5.74) is 16.2. The molecule has 0 aliphatic carbocycles. The first kappa shape index (κ1) is 17.8. The minimum Gasteiger partial charge on any atom is -0.497 e. The van der Waals surface area contributed by atoms with Gasteiger partial charge in [0.2, 0.25) is 0 Å². The zero-order valence-corrected chi connectivity index (χ0v) is 15.9. The molecule has 3 heterocycles. The smallest absolute Gasteiger partial charge is 0.160 e. The molecule has 4 rings (SSSR count). The third-order valence-electron chi connectivity index (χ3n) is 4.70. The van der Waals surface area contributed by atoms with Crippen molar-refractivity contribution in [2.45, 2.75) is 19.9 Å². The second kappa shape index (κ2) is 7.19. The van der Waals surface area contributed by atoms with E-state index in [9.17, 15) is 0 Å². The van der Waals surface area contributed by atoms with E-state index in [1.54, 1.807) is 19.2 Å². The van der Waals surface area contributed by atoms with Crippen molar-refractivity contribution >= 4 is 22.8 Å². The maximum Gasteiger partial charge on any atom is 0.160 e. The summed E-state index contributed by atoms with van der Waals surface area (Å²) in [6, 6.07) is 15.5. The van der Waals surface area contributed by atoms with Crippen molar-refractivity contribution in [2.75, 3.05) is 18.6 Å². The van der Waals surface area contributed by atoms with Crippen molar-refractivity contribution in [3.63, 3.8) is 0 Å². The highest BCUT2D eigenvalue weighted by molar-refractivity contribution is 5.77. The number of fused-ring (bicyclic) bond motifs is 1. The molecule has 0 radical (unpaired) electrons. The van der Waals surface area contributed by atoms with E-state index in [-0.39, 0.29) is 0 Å². The number of rotatable bonds is 5. The summed E-state index contributed by atoms with van der Waals surface area (Å²) in [5.74, 6) is 2.54. The van der Waals surface area contributed by atoms with Crippen LogP contribution in [0, 0.1) is 6.92 Å². The normalized spacial score (nSPS) is 11.1. The van der Waals surface area contributed by atoms with E-state index in [0.29, 0.717) is 11.6 Å². The summed E-state index contributed by atoms with van der Waals surface area (Å²) in [6.45, 7) is 2.77. The summed E-state index contributed by atoms with van der Waals surface area (Å²) in [5, 5.41) is 0. The zero-order valence-electron chi connectivity index (χ0n) is 15.9. The molecule has 7 heteroatoms. The molecule has 0 saturated heterocycles. The van der Waals surface area contributed by atoms with E-state index in [2.05, 4.69) is 26.7 Å². The van der Waals surface area contributed by atoms with Crippen molar-refractivity contribution in [1.29, 1.82) is 0 Å². The minimum absolute atomic E-state index is 0.375. The predicted molar refractivity (Wildman–Crippen MR) is 111 cm³/mol. The zero-order chi connectivity index (χ0) is 19.7. The molecule has 0 saturated carbocycles. The highest BCUT2D eigenvalue weighted by atomic mass is 16.5. The maximum absolute atomic E-state index is 5.83. The number of ether oxygens (including phenoxy) is 1. The van der Waals surface area contributed by atoms with Crippen LogP contribution in [-0.4, -0.2) is 26.6 Å². The molecule has 0 spiro atoms. The number of anilines is 2. The fourth-order valence-electron chi connectivity index (χ4n) is 3.33. The number of methoxy groups -OCH3 is 1. The Labute approximate surface area is 163 Å². The largest absolute Gasteiger partial charge is 0.497 e. The quantitative estimate of drug-likeness (QED) is 0.556. The van der Waals surface area contributed by atoms with E-state index < -0.39 is 0 Å². The average Bonchev–Trinajstić information content (AvgIpc) is 3.00. The van der Waals surface area contributed by atoms with Gasteiger partial charge in [0.05, 0.1) is 12.8 Å². The Bertz CT molecular complexity index is 1130. The van der Waals surface area contributed by atoms with Crippen molar-refractivity contribution in [3.8, 4) is 17.0 Å². The first-order valence-corrected chi connectivity index (χ1v) is 9.04. The molecule has 142 valence electrons. The lowest BCUT2D eigenvalue weighted by Gasteiger charge is -2.09. The van der Waals surface area contributed by atoms with Crippen molar-refractivity contribution in [1.82, 2.24) is 19.5 Å². The van der Waals surface area contributed by atoms with Gasteiger partial charge in [-0.15, -0.1) is 0 Å². The van der Waals surface area contributed by atoms with Crippen LogP contribution < -0.4 is 16.2 Å². The number of aryl methyl sites for hydroxylation is 3. The Morgan fingerprint density at radius 2 is 1.75 bits per heavy atom. The van der Waals surface area contributed by atoms with Gasteiger partial charge in [-0.3, -0.25) is 0 Å². The second-order valence-corrected chi connectivity index (χ2v) is 6.66. The Balaban J connectivity index is 1.69. The van der Waals surface area contributed by atoms with Crippen LogP contribution in [0.5, 0.6) is 5.75 Å². The highest BCUT2D eigenvalue weighted by Gasteiger charge is 2.12. The van der Waals surface area contributed by atoms with Crippen LogP contribution in [0.4, 0.5) is 11.6 Å². The molecule has 28 heavy (non-hydrogen) atoms. The van der Waals surface area contributed by atoms with Crippen LogP contribution in [0.3, 0.4) is 0 Å². The van der Waals surface area contributed by atoms with Gasteiger partial charge in [0, 0.05) is 12.1 Å². The standard InChI is InChI=1S/C21H22N6O/c1-13-24-18-7-6-17(15-11-19(22)26-20(23)12-15)25-21(18)27(13)9-8-14-4-3-5-16(10-14)28-2/h3-7,10-12H,8-9H2,1-2H3,(H4,22,23,26). The lowest BCUT2D eigenvalue weighted by atomic mass is 10.1. The molecule has 0 aliphatic heterocycles. The number of hydrogen-bond donors (Lipinski definition) is 2. The number of pyridine rings is 2. The third-order valence-corrected chi connectivity index (χ3v) is 4.70. The average molecular weight is 374 g/mol. The minimum atomic E-state index is 0.375. The third kappa shape index (κ3) is 3.46. The molecule has 4 aromatic rings. The van der Waals surface area contributed by atoms with Gasteiger partial charge in [-0.1, -0.05) is 12.1 Å². The van der Waals surface area contributed by atoms with Crippen LogP contribution in [-0.2, 0) is 13.0 Å². The Morgan fingerprint density at radius 1 is 0.964 bits per heavy atom. The molecule has 0 atom stereocenters. The highest BCUT2D eigenvalue weighted by Crippen LogP contribution is 2.24. The number of hydrogen-bond acceptors (Lipinski definition) is 6. The van der Waals surface area contributed by atoms with Gasteiger partial charge in [-0.25, -0.2) is 15.0 Å². The fourth-order valence-corrected chi connectivity index (χ4v) is 3.33. The van der Waals surface area contributed by atoms with Crippen molar-refractivity contribution < 1.29 is 4.74 Å². The van der Waals surface area contributed by atoms with E-state index in [1.807, 2.05) is 31.2 Å². The van der Waals surface area contributed by atoms with Gasteiger partial charge in [0.1, 0.15) is 28.7 Å². The second-order valence-electron chi connectivity index (χ2n) is 6.66. The molecule has 0 bridgehead atoms. The summed E-state index contributed by atoms with van der Waals surface area (Å²) >= 11 is 0. The van der Waals surface area contributed by atoms with Crippen LogP contribution >= 0.6 is 0 Å². The Kier molecular flexibility index (Phi) is 4.57. The van der Waals surface area contributed by atoms with Crippen LogP contribution in [0.1, 0.15) is 11.4 Å². The number of nitrogens with two attached hydrogens (primary N) is 2. The number of benzene rings is 1. The van der Waals surface area contributed by atoms with Crippen LogP contribution in [0.25, 0.3) is 22.4 Å². The molecule has 4 N–H and O–H groups in total. The summed E-state index contributed by atoms with van der Waals surface area (Å²) in [6.07, 6.45) is 0.852. The summed E-state index contributed by atoms with van der Waals surface area (Å²) in [7, 11) is 1.68. The monoisotopic (exact) mass is 374 g/mol. The summed E-state index contributed by atoms with van der Waals surface area (Å²) < 4.78 is 7.44. The Morgan fingerprint density at radius 3 is 2.50 bits per heavy atom. The van der Waals surface area contributed by atoms with Gasteiger partial charge in [0.25, 0.3) is 0 Å². The molecule has 0 amide bonds. The van der Waals surface area contributed by atoms with Gasteiger partial charge in [0.15, 0.2) is 5.65 Å². The topological polar surface area (TPSA) is 105 Å². The predicted octanol–water partition coefficient (Wildman–Crippen LogP) is 3.22. The molecular formula is C21H22N6O. The maximum atomic E-state index is 5.83. The molecule has 7 nitrogen and oxygen atoms in total.